The molecule has 1 aromatic rings. The highest BCUT2D eigenvalue weighted by Crippen LogP contribution is 2.33. The molecular weight excluding hydrogens is 294 g/mol. The van der Waals surface area contributed by atoms with Gasteiger partial charge in [0.05, 0.1) is 0 Å². The van der Waals surface area contributed by atoms with Crippen molar-refractivity contribution in [3.63, 3.8) is 0 Å². The topological polar surface area (TPSA) is 47.0 Å². The molecule has 2 rings (SSSR count). The van der Waals surface area contributed by atoms with E-state index < -0.39 is 0 Å². The van der Waals surface area contributed by atoms with Crippen LogP contribution in [0.2, 0.25) is 0 Å². The number of rotatable bonds is 4. The average molecular weight is 314 g/mol. The molecule has 4 nitrogen and oxygen atoms in total. The zero-order chi connectivity index (χ0) is 13.0. The Morgan fingerprint density at radius 2 is 2.28 bits per heavy atom. The first-order valence-corrected chi connectivity index (χ1v) is 7.38. The second-order valence-corrected chi connectivity index (χ2v) is 5.57. The van der Waals surface area contributed by atoms with Crippen molar-refractivity contribution >= 4 is 21.7 Å². The lowest BCUT2D eigenvalue weighted by atomic mass is 9.85. The minimum atomic E-state index is 0.291. The molecule has 1 aromatic heterocycles. The molecule has 1 saturated carbocycles. The molecule has 1 aliphatic rings. The summed E-state index contributed by atoms with van der Waals surface area (Å²) in [5, 5.41) is 3.01. The first kappa shape index (κ1) is 13.6. The molecule has 1 heterocycles. The first-order valence-electron chi connectivity index (χ1n) is 6.59. The summed E-state index contributed by atoms with van der Waals surface area (Å²) in [6.07, 6.45) is 7.93. The normalized spacial score (nSPS) is 23.7. The standard InChI is InChI=1S/C13H20BrN3O/c1-3-9-5-4-6-10(7-9)18-13-11(14)12(15-2)16-8-17-13/h8-10H,3-7H2,1-2H3,(H,15,16,17). The maximum absolute atomic E-state index is 6.02. The van der Waals surface area contributed by atoms with Gasteiger partial charge in [0.1, 0.15) is 22.7 Å². The molecule has 0 bridgehead atoms. The summed E-state index contributed by atoms with van der Waals surface area (Å²) in [6.45, 7) is 2.26. The molecule has 1 N–H and O–H groups in total. The van der Waals surface area contributed by atoms with Gasteiger partial charge in [0.25, 0.3) is 0 Å². The van der Waals surface area contributed by atoms with Crippen molar-refractivity contribution in [1.29, 1.82) is 0 Å². The number of halogens is 1. The van der Waals surface area contributed by atoms with Gasteiger partial charge in [0.2, 0.25) is 5.88 Å². The van der Waals surface area contributed by atoms with Crippen LogP contribution in [0, 0.1) is 5.92 Å². The molecule has 0 amide bonds. The predicted molar refractivity (Wildman–Crippen MR) is 75.9 cm³/mol. The van der Waals surface area contributed by atoms with Gasteiger partial charge in [-0.2, -0.15) is 0 Å². The van der Waals surface area contributed by atoms with Crippen molar-refractivity contribution in [2.75, 3.05) is 12.4 Å². The molecule has 0 spiro atoms. The highest BCUT2D eigenvalue weighted by atomic mass is 79.9. The third-order valence-electron chi connectivity index (χ3n) is 3.58. The molecule has 0 aliphatic heterocycles. The number of nitrogens with zero attached hydrogens (tertiary/aromatic N) is 2. The smallest absolute Gasteiger partial charge is 0.233 e. The van der Waals surface area contributed by atoms with E-state index in [-0.39, 0.29) is 0 Å². The van der Waals surface area contributed by atoms with Gasteiger partial charge in [-0.15, -0.1) is 0 Å². The summed E-state index contributed by atoms with van der Waals surface area (Å²) in [5.74, 6) is 2.21. The van der Waals surface area contributed by atoms with E-state index in [9.17, 15) is 0 Å². The highest BCUT2D eigenvalue weighted by molar-refractivity contribution is 9.10. The summed E-state index contributed by atoms with van der Waals surface area (Å²) in [6, 6.07) is 0. The van der Waals surface area contributed by atoms with Gasteiger partial charge >= 0.3 is 0 Å². The van der Waals surface area contributed by atoms with Gasteiger partial charge in [-0.25, -0.2) is 9.97 Å². The van der Waals surface area contributed by atoms with Crippen LogP contribution < -0.4 is 10.1 Å². The monoisotopic (exact) mass is 313 g/mol. The van der Waals surface area contributed by atoms with Crippen LogP contribution in [0.25, 0.3) is 0 Å². The van der Waals surface area contributed by atoms with Crippen molar-refractivity contribution < 1.29 is 4.74 Å². The zero-order valence-corrected chi connectivity index (χ0v) is 12.5. The summed E-state index contributed by atoms with van der Waals surface area (Å²) < 4.78 is 6.83. The Hall–Kier alpha value is -0.840. The molecule has 100 valence electrons. The molecule has 1 fully saturated rings. The Bertz CT molecular complexity index is 400. The molecule has 1 aliphatic carbocycles. The van der Waals surface area contributed by atoms with Crippen LogP contribution in [0.1, 0.15) is 39.0 Å². The number of hydrogen-bond acceptors (Lipinski definition) is 4. The molecular formula is C13H20BrN3O. The van der Waals surface area contributed by atoms with Crippen LogP contribution in [0.15, 0.2) is 10.8 Å². The number of aromatic nitrogens is 2. The second-order valence-electron chi connectivity index (χ2n) is 4.77. The van der Waals surface area contributed by atoms with Crippen molar-refractivity contribution in [3.05, 3.63) is 10.8 Å². The maximum Gasteiger partial charge on any atom is 0.233 e. The van der Waals surface area contributed by atoms with Crippen LogP contribution in [0.5, 0.6) is 5.88 Å². The van der Waals surface area contributed by atoms with Gasteiger partial charge < -0.3 is 10.1 Å². The van der Waals surface area contributed by atoms with Gasteiger partial charge in [-0.1, -0.05) is 19.8 Å². The van der Waals surface area contributed by atoms with Gasteiger partial charge in [-0.3, -0.25) is 0 Å². The van der Waals surface area contributed by atoms with E-state index in [0.29, 0.717) is 12.0 Å². The summed E-state index contributed by atoms with van der Waals surface area (Å²) in [5.41, 5.74) is 0. The van der Waals surface area contributed by atoms with Crippen molar-refractivity contribution in [1.82, 2.24) is 9.97 Å². The van der Waals surface area contributed by atoms with E-state index in [2.05, 4.69) is 38.1 Å². The Labute approximate surface area is 117 Å². The van der Waals surface area contributed by atoms with Crippen molar-refractivity contribution in [2.45, 2.75) is 45.1 Å². The van der Waals surface area contributed by atoms with E-state index in [1.807, 2.05) is 7.05 Å². The Morgan fingerprint density at radius 3 is 3.00 bits per heavy atom. The average Bonchev–Trinajstić information content (AvgIpc) is 2.41. The lowest BCUT2D eigenvalue weighted by Gasteiger charge is -2.28. The van der Waals surface area contributed by atoms with Gasteiger partial charge in [0.15, 0.2) is 0 Å². The fourth-order valence-corrected chi connectivity index (χ4v) is 2.98. The Morgan fingerprint density at radius 1 is 1.44 bits per heavy atom. The molecule has 2 atom stereocenters. The Balaban J connectivity index is 2.04. The molecule has 0 saturated heterocycles. The van der Waals surface area contributed by atoms with Gasteiger partial charge in [-0.05, 0) is 41.1 Å². The number of hydrogen-bond donors (Lipinski definition) is 1. The zero-order valence-electron chi connectivity index (χ0n) is 10.9. The predicted octanol–water partition coefficient (Wildman–Crippen LogP) is 3.63. The van der Waals surface area contributed by atoms with E-state index in [1.54, 1.807) is 0 Å². The maximum atomic E-state index is 6.02. The van der Waals surface area contributed by atoms with Crippen LogP contribution in [0.3, 0.4) is 0 Å². The molecule has 0 radical (unpaired) electrons. The third-order valence-corrected chi connectivity index (χ3v) is 4.30. The van der Waals surface area contributed by atoms with E-state index in [1.165, 1.54) is 25.6 Å². The lowest BCUT2D eigenvalue weighted by molar-refractivity contribution is 0.116. The van der Waals surface area contributed by atoms with Crippen LogP contribution in [-0.4, -0.2) is 23.1 Å². The second kappa shape index (κ2) is 6.36. The van der Waals surface area contributed by atoms with Crippen LogP contribution in [-0.2, 0) is 0 Å². The highest BCUT2D eigenvalue weighted by Gasteiger charge is 2.23. The lowest BCUT2D eigenvalue weighted by Crippen LogP contribution is -2.25. The fraction of sp³-hybridized carbons (Fsp3) is 0.692. The largest absolute Gasteiger partial charge is 0.473 e. The third kappa shape index (κ3) is 3.13. The van der Waals surface area contributed by atoms with Gasteiger partial charge in [0, 0.05) is 7.05 Å². The van der Waals surface area contributed by atoms with E-state index in [4.69, 9.17) is 4.74 Å². The minimum absolute atomic E-state index is 0.291. The van der Waals surface area contributed by atoms with E-state index >= 15 is 0 Å². The minimum Gasteiger partial charge on any atom is -0.473 e. The number of nitrogens with one attached hydrogen (secondary N) is 1. The molecule has 18 heavy (non-hydrogen) atoms. The number of ether oxygens (including phenoxy) is 1. The van der Waals surface area contributed by atoms with Crippen LogP contribution >= 0.6 is 15.9 Å². The van der Waals surface area contributed by atoms with E-state index in [0.717, 1.165) is 29.1 Å². The summed E-state index contributed by atoms with van der Waals surface area (Å²) >= 11 is 3.49. The van der Waals surface area contributed by atoms with Crippen molar-refractivity contribution in [3.8, 4) is 5.88 Å². The summed E-state index contributed by atoms with van der Waals surface area (Å²) in [7, 11) is 1.84. The van der Waals surface area contributed by atoms with Crippen LogP contribution in [0.4, 0.5) is 5.82 Å². The molecule has 2 unspecified atom stereocenters. The molecule has 0 aromatic carbocycles. The quantitative estimate of drug-likeness (QED) is 0.922. The number of anilines is 1. The SMILES string of the molecule is CCC1CCCC(Oc2ncnc(NC)c2Br)C1. The van der Waals surface area contributed by atoms with Crippen molar-refractivity contribution in [2.24, 2.45) is 5.92 Å². The Kier molecular flexibility index (Phi) is 4.80. The fourth-order valence-electron chi connectivity index (χ4n) is 2.49. The molecule has 5 heteroatoms. The first-order chi connectivity index (χ1) is 8.74. The summed E-state index contributed by atoms with van der Waals surface area (Å²) in [4.78, 5) is 8.34.